The van der Waals surface area contributed by atoms with Crippen LogP contribution in [0.4, 0.5) is 11.4 Å². The van der Waals surface area contributed by atoms with Gasteiger partial charge < -0.3 is 5.32 Å². The summed E-state index contributed by atoms with van der Waals surface area (Å²) >= 11 is 0. The van der Waals surface area contributed by atoms with Crippen LogP contribution in [0.25, 0.3) is 0 Å². The molecule has 0 unspecified atom stereocenters. The molecule has 0 fully saturated rings. The van der Waals surface area contributed by atoms with E-state index in [1.165, 1.54) is 12.1 Å². The van der Waals surface area contributed by atoms with Crippen LogP contribution in [0, 0.1) is 13.8 Å². The third kappa shape index (κ3) is 4.23. The summed E-state index contributed by atoms with van der Waals surface area (Å²) in [7, 11) is -3.90. The predicted molar refractivity (Wildman–Crippen MR) is 112 cm³/mol. The first kappa shape index (κ1) is 19.6. The van der Waals surface area contributed by atoms with E-state index in [0.29, 0.717) is 11.4 Å². The number of aryl methyl sites for hydroxylation is 2. The Hall–Kier alpha value is -3.12. The van der Waals surface area contributed by atoms with Crippen LogP contribution in [0.3, 0.4) is 0 Å². The molecule has 0 saturated heterocycles. The first-order chi connectivity index (χ1) is 13.4. The Morgan fingerprint density at radius 1 is 0.821 bits per heavy atom. The summed E-state index contributed by atoms with van der Waals surface area (Å²) in [5, 5.41) is 2.81. The lowest BCUT2D eigenvalue weighted by Gasteiger charge is -2.25. The van der Waals surface area contributed by atoms with Crippen LogP contribution in [0.1, 0.15) is 11.1 Å². The number of anilines is 2. The van der Waals surface area contributed by atoms with Gasteiger partial charge >= 0.3 is 0 Å². The maximum atomic E-state index is 13.3. The molecule has 0 aromatic heterocycles. The van der Waals surface area contributed by atoms with E-state index < -0.39 is 15.9 Å². The molecule has 0 heterocycles. The third-order valence-electron chi connectivity index (χ3n) is 4.42. The van der Waals surface area contributed by atoms with Crippen LogP contribution >= 0.6 is 0 Å². The van der Waals surface area contributed by atoms with Gasteiger partial charge in [0, 0.05) is 5.69 Å². The number of hydrogen-bond donors (Lipinski definition) is 1. The molecular formula is C22H22N2O3S. The number of sulfonamides is 1. The fraction of sp³-hybridized carbons (Fsp3) is 0.136. The summed E-state index contributed by atoms with van der Waals surface area (Å²) in [5.41, 5.74) is 2.82. The molecule has 3 aromatic carbocycles. The van der Waals surface area contributed by atoms with Gasteiger partial charge in [-0.2, -0.15) is 0 Å². The molecule has 0 atom stereocenters. The number of hydrogen-bond acceptors (Lipinski definition) is 3. The summed E-state index contributed by atoms with van der Waals surface area (Å²) in [6, 6.07) is 22.6. The first-order valence-electron chi connectivity index (χ1n) is 8.88. The third-order valence-corrected chi connectivity index (χ3v) is 6.20. The van der Waals surface area contributed by atoms with Crippen LogP contribution in [-0.2, 0) is 14.8 Å². The van der Waals surface area contributed by atoms with E-state index in [1.54, 1.807) is 36.4 Å². The SMILES string of the molecule is Cc1ccccc1NC(=O)CN(c1ccccc1C)S(=O)(=O)c1ccccc1. The zero-order valence-corrected chi connectivity index (χ0v) is 16.6. The van der Waals surface area contributed by atoms with Gasteiger partial charge in [-0.3, -0.25) is 9.10 Å². The summed E-state index contributed by atoms with van der Waals surface area (Å²) < 4.78 is 27.7. The van der Waals surface area contributed by atoms with Crippen LogP contribution in [0.2, 0.25) is 0 Å². The Labute approximate surface area is 165 Å². The van der Waals surface area contributed by atoms with Gasteiger partial charge in [-0.05, 0) is 49.2 Å². The molecule has 0 radical (unpaired) electrons. The van der Waals surface area contributed by atoms with E-state index in [4.69, 9.17) is 0 Å². The molecule has 144 valence electrons. The molecule has 0 aliphatic heterocycles. The highest BCUT2D eigenvalue weighted by Gasteiger charge is 2.28. The lowest BCUT2D eigenvalue weighted by molar-refractivity contribution is -0.114. The molecule has 1 amide bonds. The van der Waals surface area contributed by atoms with Gasteiger partial charge in [0.2, 0.25) is 5.91 Å². The van der Waals surface area contributed by atoms with Crippen molar-refractivity contribution < 1.29 is 13.2 Å². The molecule has 0 saturated carbocycles. The van der Waals surface area contributed by atoms with E-state index in [9.17, 15) is 13.2 Å². The molecule has 6 heteroatoms. The van der Waals surface area contributed by atoms with E-state index in [1.807, 2.05) is 44.2 Å². The van der Waals surface area contributed by atoms with E-state index in [2.05, 4.69) is 5.32 Å². The zero-order valence-electron chi connectivity index (χ0n) is 15.8. The second kappa shape index (κ2) is 8.27. The van der Waals surface area contributed by atoms with Crippen molar-refractivity contribution in [3.63, 3.8) is 0 Å². The number of nitrogens with zero attached hydrogens (tertiary/aromatic N) is 1. The maximum Gasteiger partial charge on any atom is 0.264 e. The molecule has 28 heavy (non-hydrogen) atoms. The average molecular weight is 394 g/mol. The molecule has 1 N–H and O–H groups in total. The molecule has 0 aliphatic rings. The molecular weight excluding hydrogens is 372 g/mol. The Balaban J connectivity index is 1.97. The van der Waals surface area contributed by atoms with Crippen molar-refractivity contribution in [2.75, 3.05) is 16.2 Å². The fourth-order valence-electron chi connectivity index (χ4n) is 2.90. The number of nitrogens with one attached hydrogen (secondary N) is 1. The largest absolute Gasteiger partial charge is 0.324 e. The van der Waals surface area contributed by atoms with Crippen molar-refractivity contribution in [1.29, 1.82) is 0 Å². The molecule has 0 bridgehead atoms. The topological polar surface area (TPSA) is 66.5 Å². The highest BCUT2D eigenvalue weighted by Crippen LogP contribution is 2.26. The van der Waals surface area contributed by atoms with Crippen molar-refractivity contribution in [2.24, 2.45) is 0 Å². The number of amides is 1. The Kier molecular flexibility index (Phi) is 5.80. The Morgan fingerprint density at radius 3 is 2.04 bits per heavy atom. The van der Waals surface area contributed by atoms with Crippen molar-refractivity contribution in [3.8, 4) is 0 Å². The standard InChI is InChI=1S/C22H22N2O3S/c1-17-10-6-8-14-20(17)23-22(25)16-24(21-15-9-7-11-18(21)2)28(26,27)19-12-4-3-5-13-19/h3-15H,16H2,1-2H3,(H,23,25). The smallest absolute Gasteiger partial charge is 0.264 e. The van der Waals surface area contributed by atoms with Crippen LogP contribution in [0.5, 0.6) is 0 Å². The van der Waals surface area contributed by atoms with E-state index >= 15 is 0 Å². The maximum absolute atomic E-state index is 13.3. The average Bonchev–Trinajstić information content (AvgIpc) is 2.69. The number of para-hydroxylation sites is 2. The van der Waals surface area contributed by atoms with Crippen molar-refractivity contribution in [3.05, 3.63) is 90.0 Å². The van der Waals surface area contributed by atoms with E-state index in [0.717, 1.165) is 15.4 Å². The normalized spacial score (nSPS) is 11.1. The van der Waals surface area contributed by atoms with Crippen LogP contribution in [-0.4, -0.2) is 20.9 Å². The van der Waals surface area contributed by atoms with Crippen molar-refractivity contribution in [2.45, 2.75) is 18.7 Å². The van der Waals surface area contributed by atoms with Gasteiger partial charge in [0.15, 0.2) is 0 Å². The van der Waals surface area contributed by atoms with Gasteiger partial charge in [0.05, 0.1) is 10.6 Å². The lowest BCUT2D eigenvalue weighted by atomic mass is 10.2. The highest BCUT2D eigenvalue weighted by atomic mass is 32.2. The summed E-state index contributed by atoms with van der Waals surface area (Å²) in [5.74, 6) is -0.406. The monoisotopic (exact) mass is 394 g/mol. The van der Waals surface area contributed by atoms with Gasteiger partial charge in [-0.15, -0.1) is 0 Å². The van der Waals surface area contributed by atoms with Crippen molar-refractivity contribution >= 4 is 27.3 Å². The summed E-state index contributed by atoms with van der Waals surface area (Å²) in [6.45, 7) is 3.38. The second-order valence-corrected chi connectivity index (χ2v) is 8.34. The van der Waals surface area contributed by atoms with Crippen LogP contribution in [0.15, 0.2) is 83.8 Å². The zero-order chi connectivity index (χ0) is 20.1. The van der Waals surface area contributed by atoms with Gasteiger partial charge in [-0.1, -0.05) is 54.6 Å². The number of rotatable bonds is 6. The number of carbonyl (C=O) groups excluding carboxylic acids is 1. The molecule has 3 aromatic rings. The van der Waals surface area contributed by atoms with E-state index in [-0.39, 0.29) is 11.4 Å². The molecule has 0 aliphatic carbocycles. The molecule has 5 nitrogen and oxygen atoms in total. The minimum atomic E-state index is -3.90. The minimum Gasteiger partial charge on any atom is -0.324 e. The van der Waals surface area contributed by atoms with Gasteiger partial charge in [0.25, 0.3) is 10.0 Å². The number of benzene rings is 3. The lowest BCUT2D eigenvalue weighted by Crippen LogP contribution is -2.38. The molecule has 3 rings (SSSR count). The van der Waals surface area contributed by atoms with Gasteiger partial charge in [-0.25, -0.2) is 8.42 Å². The van der Waals surface area contributed by atoms with Gasteiger partial charge in [0.1, 0.15) is 6.54 Å². The van der Waals surface area contributed by atoms with Crippen molar-refractivity contribution in [1.82, 2.24) is 0 Å². The highest BCUT2D eigenvalue weighted by molar-refractivity contribution is 7.92. The Morgan fingerprint density at radius 2 is 1.39 bits per heavy atom. The molecule has 0 spiro atoms. The predicted octanol–water partition coefficient (Wildman–Crippen LogP) is 4.14. The quantitative estimate of drug-likeness (QED) is 0.683. The summed E-state index contributed by atoms with van der Waals surface area (Å²) in [6.07, 6.45) is 0. The summed E-state index contributed by atoms with van der Waals surface area (Å²) in [4.78, 5) is 12.9. The second-order valence-electron chi connectivity index (χ2n) is 6.47. The fourth-order valence-corrected chi connectivity index (χ4v) is 4.40. The number of carbonyl (C=O) groups is 1. The van der Waals surface area contributed by atoms with Crippen LogP contribution < -0.4 is 9.62 Å². The first-order valence-corrected chi connectivity index (χ1v) is 10.3. The Bertz CT molecular complexity index is 1080. The minimum absolute atomic E-state index is 0.141.